The molecule has 4 nitrogen and oxygen atoms in total. The number of hydrogen-bond acceptors (Lipinski definition) is 4. The van der Waals surface area contributed by atoms with Gasteiger partial charge in [-0.25, -0.2) is 0 Å². The van der Waals surface area contributed by atoms with E-state index in [9.17, 15) is 14.4 Å². The molecule has 4 rings (SSSR count). The third kappa shape index (κ3) is 4.21. The maximum atomic E-state index is 12.4. The van der Waals surface area contributed by atoms with Crippen molar-refractivity contribution in [3.8, 4) is 0 Å². The first-order valence-corrected chi connectivity index (χ1v) is 11.0. The summed E-state index contributed by atoms with van der Waals surface area (Å²) in [5.41, 5.74) is 1.91. The number of fused-ring (bicyclic) bond motifs is 2. The second kappa shape index (κ2) is 8.59. The number of rotatable bonds is 5. The molecule has 3 fully saturated rings. The average Bonchev–Trinajstić information content (AvgIpc) is 2.72. The van der Waals surface area contributed by atoms with Crippen molar-refractivity contribution in [3.63, 3.8) is 0 Å². The lowest BCUT2D eigenvalue weighted by molar-refractivity contribution is -0.152. The molecule has 1 unspecified atom stereocenters. The smallest absolute Gasteiger partial charge is 0.309 e. The third-order valence-electron chi connectivity index (χ3n) is 7.04. The summed E-state index contributed by atoms with van der Waals surface area (Å²) in [5.74, 6) is 0.302. The third-order valence-corrected chi connectivity index (χ3v) is 7.04. The maximum absolute atomic E-state index is 12.4. The van der Waals surface area contributed by atoms with Crippen LogP contribution in [-0.2, 0) is 14.3 Å². The normalized spacial score (nSPS) is 28.0. The Morgan fingerprint density at radius 2 is 1.43 bits per heavy atom. The Labute approximate surface area is 167 Å². The molecule has 0 radical (unpaired) electrons. The van der Waals surface area contributed by atoms with E-state index in [1.165, 1.54) is 37.7 Å². The second-order valence-electron chi connectivity index (χ2n) is 8.88. The predicted octanol–water partition coefficient (Wildman–Crippen LogP) is 4.86. The van der Waals surface area contributed by atoms with Gasteiger partial charge >= 0.3 is 5.97 Å². The van der Waals surface area contributed by atoms with Crippen molar-refractivity contribution in [2.24, 2.45) is 17.8 Å². The van der Waals surface area contributed by atoms with Crippen molar-refractivity contribution in [3.05, 3.63) is 35.4 Å². The lowest BCUT2D eigenvalue weighted by atomic mass is 9.67. The van der Waals surface area contributed by atoms with E-state index in [0.717, 1.165) is 19.3 Å². The van der Waals surface area contributed by atoms with E-state index in [1.807, 2.05) is 12.1 Å². The number of carbonyl (C=O) groups is 3. The number of Topliss-reactive ketones (excluding diaryl/α,β-unsaturated/α-hetero) is 2. The van der Waals surface area contributed by atoms with Crippen LogP contribution in [-0.4, -0.2) is 24.1 Å². The molecule has 1 aromatic rings. The standard InChI is InChI=1S/C24H30O4/c25-22(18-11-9-17(10-12-18)16-5-2-1-3-6-16)15-28-24(27)21-13-19-7-4-8-20(14-21)23(19)26/h9-12,16,19-21H,1-8,13-15H2/t19-,20+,21?. The lowest BCUT2D eigenvalue weighted by Crippen LogP contribution is -2.39. The molecular formula is C24H30O4. The van der Waals surface area contributed by atoms with Gasteiger partial charge in [0.05, 0.1) is 5.92 Å². The Balaban J connectivity index is 1.29. The number of benzene rings is 1. The monoisotopic (exact) mass is 382 g/mol. The molecule has 3 aliphatic carbocycles. The highest BCUT2D eigenvalue weighted by Gasteiger charge is 2.41. The van der Waals surface area contributed by atoms with Crippen molar-refractivity contribution in [1.82, 2.24) is 0 Å². The molecule has 0 aromatic heterocycles. The van der Waals surface area contributed by atoms with Crippen molar-refractivity contribution in [1.29, 1.82) is 0 Å². The molecule has 1 aromatic carbocycles. The van der Waals surface area contributed by atoms with Crippen molar-refractivity contribution < 1.29 is 19.1 Å². The van der Waals surface area contributed by atoms with Crippen LogP contribution < -0.4 is 0 Å². The molecule has 150 valence electrons. The van der Waals surface area contributed by atoms with Crippen molar-refractivity contribution in [2.75, 3.05) is 6.61 Å². The summed E-state index contributed by atoms with van der Waals surface area (Å²) in [7, 11) is 0. The minimum atomic E-state index is -0.309. The van der Waals surface area contributed by atoms with E-state index < -0.39 is 0 Å². The predicted molar refractivity (Wildman–Crippen MR) is 106 cm³/mol. The summed E-state index contributed by atoms with van der Waals surface area (Å²) in [6.07, 6.45) is 10.4. The average molecular weight is 383 g/mol. The zero-order valence-electron chi connectivity index (χ0n) is 16.5. The lowest BCUT2D eigenvalue weighted by Gasteiger charge is -2.36. The fourth-order valence-electron chi connectivity index (χ4n) is 5.39. The molecule has 4 heteroatoms. The van der Waals surface area contributed by atoms with Gasteiger partial charge in [0, 0.05) is 17.4 Å². The Kier molecular flexibility index (Phi) is 5.93. The highest BCUT2D eigenvalue weighted by atomic mass is 16.5. The van der Waals surface area contributed by atoms with E-state index in [4.69, 9.17) is 4.74 Å². The van der Waals surface area contributed by atoms with Crippen molar-refractivity contribution >= 4 is 17.5 Å². The molecule has 3 aliphatic rings. The number of esters is 1. The van der Waals surface area contributed by atoms with Crippen LogP contribution in [0.15, 0.2) is 24.3 Å². The van der Waals surface area contributed by atoms with E-state index in [0.29, 0.717) is 30.1 Å². The van der Waals surface area contributed by atoms with Gasteiger partial charge < -0.3 is 4.74 Å². The molecule has 2 bridgehead atoms. The van der Waals surface area contributed by atoms with E-state index in [-0.39, 0.29) is 36.1 Å². The Bertz CT molecular complexity index is 713. The molecule has 0 spiro atoms. The van der Waals surface area contributed by atoms with Crippen LogP contribution in [0.25, 0.3) is 0 Å². The maximum Gasteiger partial charge on any atom is 0.309 e. The van der Waals surface area contributed by atoms with Crippen molar-refractivity contribution in [2.45, 2.75) is 70.1 Å². The van der Waals surface area contributed by atoms with Gasteiger partial charge in [-0.2, -0.15) is 0 Å². The first kappa shape index (κ1) is 19.4. The van der Waals surface area contributed by atoms with E-state index in [1.54, 1.807) is 0 Å². The minimum Gasteiger partial charge on any atom is -0.457 e. The first-order valence-electron chi connectivity index (χ1n) is 11.0. The highest BCUT2D eigenvalue weighted by Crippen LogP contribution is 2.40. The van der Waals surface area contributed by atoms with Gasteiger partial charge in [-0.1, -0.05) is 49.9 Å². The molecule has 3 saturated carbocycles. The molecule has 28 heavy (non-hydrogen) atoms. The summed E-state index contributed by atoms with van der Waals surface area (Å²) in [4.78, 5) is 37.0. The quantitative estimate of drug-likeness (QED) is 0.539. The topological polar surface area (TPSA) is 60.4 Å². The number of carbonyl (C=O) groups excluding carboxylic acids is 3. The van der Waals surface area contributed by atoms with Crippen LogP contribution in [0, 0.1) is 17.8 Å². The van der Waals surface area contributed by atoms with E-state index in [2.05, 4.69) is 12.1 Å². The SMILES string of the molecule is O=C(COC(=O)C1C[C@H]2CCC[C@@H](C1)C2=O)c1ccc(C2CCCCC2)cc1. The number of ether oxygens (including phenoxy) is 1. The van der Waals surface area contributed by atoms with Crippen LogP contribution >= 0.6 is 0 Å². The van der Waals surface area contributed by atoms with Crippen LogP contribution in [0.4, 0.5) is 0 Å². The molecule has 0 N–H and O–H groups in total. The summed E-state index contributed by atoms with van der Waals surface area (Å²) in [6, 6.07) is 7.84. The van der Waals surface area contributed by atoms with Gasteiger partial charge in [-0.15, -0.1) is 0 Å². The van der Waals surface area contributed by atoms with Gasteiger partial charge in [0.2, 0.25) is 0 Å². The highest BCUT2D eigenvalue weighted by molar-refractivity contribution is 5.98. The van der Waals surface area contributed by atoms with Crippen LogP contribution in [0.3, 0.4) is 0 Å². The summed E-state index contributed by atoms with van der Waals surface area (Å²) in [6.45, 7) is -0.207. The zero-order chi connectivity index (χ0) is 19.5. The number of hydrogen-bond donors (Lipinski definition) is 0. The molecule has 0 heterocycles. The largest absolute Gasteiger partial charge is 0.457 e. The Morgan fingerprint density at radius 1 is 0.821 bits per heavy atom. The van der Waals surface area contributed by atoms with E-state index >= 15 is 0 Å². The van der Waals surface area contributed by atoms with Gasteiger partial charge in [0.15, 0.2) is 12.4 Å². The summed E-state index contributed by atoms with van der Waals surface area (Å²) < 4.78 is 5.34. The number of ketones is 2. The summed E-state index contributed by atoms with van der Waals surface area (Å²) >= 11 is 0. The van der Waals surface area contributed by atoms with Gasteiger partial charge in [-0.05, 0) is 50.0 Å². The van der Waals surface area contributed by atoms with Gasteiger partial charge in [0.1, 0.15) is 5.78 Å². The fourth-order valence-corrected chi connectivity index (χ4v) is 5.39. The van der Waals surface area contributed by atoms with Gasteiger partial charge in [-0.3, -0.25) is 14.4 Å². The molecular weight excluding hydrogens is 352 g/mol. The summed E-state index contributed by atoms with van der Waals surface area (Å²) in [5, 5.41) is 0. The zero-order valence-corrected chi connectivity index (χ0v) is 16.5. The molecule has 3 atom stereocenters. The molecule has 0 amide bonds. The Hall–Kier alpha value is -1.97. The van der Waals surface area contributed by atoms with Gasteiger partial charge in [0.25, 0.3) is 0 Å². The minimum absolute atomic E-state index is 0.0214. The first-order chi connectivity index (χ1) is 13.6. The fraction of sp³-hybridized carbons (Fsp3) is 0.625. The Morgan fingerprint density at radius 3 is 2.07 bits per heavy atom. The second-order valence-corrected chi connectivity index (χ2v) is 8.88. The van der Waals surface area contributed by atoms with Crippen LogP contribution in [0.2, 0.25) is 0 Å². The van der Waals surface area contributed by atoms with Crippen LogP contribution in [0.1, 0.15) is 86.0 Å². The molecule has 0 aliphatic heterocycles. The van der Waals surface area contributed by atoms with Crippen LogP contribution in [0.5, 0.6) is 0 Å². The molecule has 0 saturated heterocycles.